The number of methoxy groups -OCH3 is 1. The van der Waals surface area contributed by atoms with Crippen LogP contribution in [0.2, 0.25) is 0 Å². The maximum absolute atomic E-state index is 12.1. The topological polar surface area (TPSA) is 70.7 Å². The summed E-state index contributed by atoms with van der Waals surface area (Å²) in [6.45, 7) is 3.91. The standard InChI is InChI=1S/C13H29N3O3S/c1-4-9-14-12-5-7-13(8-6-12)16(2)20(17,18)15-10-11-19-3/h12-15H,4-11H2,1-3H3. The van der Waals surface area contributed by atoms with E-state index < -0.39 is 10.2 Å². The summed E-state index contributed by atoms with van der Waals surface area (Å²) >= 11 is 0. The fourth-order valence-electron chi connectivity index (χ4n) is 2.56. The molecule has 0 aromatic carbocycles. The van der Waals surface area contributed by atoms with Gasteiger partial charge in [0.25, 0.3) is 10.2 Å². The molecule has 0 heterocycles. The number of rotatable bonds is 9. The van der Waals surface area contributed by atoms with Gasteiger partial charge in [0.05, 0.1) is 6.61 Å². The largest absolute Gasteiger partial charge is 0.383 e. The molecule has 1 rings (SSSR count). The van der Waals surface area contributed by atoms with Gasteiger partial charge >= 0.3 is 0 Å². The summed E-state index contributed by atoms with van der Waals surface area (Å²) in [5.41, 5.74) is 0. The van der Waals surface area contributed by atoms with Crippen molar-refractivity contribution in [1.29, 1.82) is 0 Å². The van der Waals surface area contributed by atoms with Gasteiger partial charge in [0, 0.05) is 32.8 Å². The molecule has 1 saturated carbocycles. The summed E-state index contributed by atoms with van der Waals surface area (Å²) in [4.78, 5) is 0. The molecular formula is C13H29N3O3S. The zero-order chi connectivity index (χ0) is 15.0. The lowest BCUT2D eigenvalue weighted by Crippen LogP contribution is -2.47. The average Bonchev–Trinajstić information content (AvgIpc) is 2.45. The molecule has 0 saturated heterocycles. The van der Waals surface area contributed by atoms with Gasteiger partial charge in [-0.25, -0.2) is 0 Å². The van der Waals surface area contributed by atoms with Crippen LogP contribution in [0.5, 0.6) is 0 Å². The van der Waals surface area contributed by atoms with Gasteiger partial charge in [-0.2, -0.15) is 17.4 Å². The minimum absolute atomic E-state index is 0.106. The van der Waals surface area contributed by atoms with Crippen molar-refractivity contribution in [1.82, 2.24) is 14.3 Å². The minimum atomic E-state index is -3.38. The molecule has 0 spiro atoms. The Morgan fingerprint density at radius 1 is 1.20 bits per heavy atom. The molecule has 6 nitrogen and oxygen atoms in total. The summed E-state index contributed by atoms with van der Waals surface area (Å²) in [6, 6.07) is 0.651. The van der Waals surface area contributed by atoms with E-state index >= 15 is 0 Å². The molecule has 0 atom stereocenters. The molecule has 0 unspecified atom stereocenters. The summed E-state index contributed by atoms with van der Waals surface area (Å²) in [5, 5.41) is 3.51. The van der Waals surface area contributed by atoms with E-state index in [1.807, 2.05) is 0 Å². The molecule has 0 aromatic heterocycles. The molecule has 1 aliphatic carbocycles. The first-order chi connectivity index (χ1) is 9.51. The van der Waals surface area contributed by atoms with E-state index in [2.05, 4.69) is 17.0 Å². The van der Waals surface area contributed by atoms with Gasteiger partial charge in [-0.1, -0.05) is 6.92 Å². The van der Waals surface area contributed by atoms with E-state index in [4.69, 9.17) is 4.74 Å². The molecule has 7 heteroatoms. The van der Waals surface area contributed by atoms with Crippen LogP contribution < -0.4 is 10.0 Å². The summed E-state index contributed by atoms with van der Waals surface area (Å²) in [7, 11) is -0.159. The molecule has 2 N–H and O–H groups in total. The van der Waals surface area contributed by atoms with Crippen LogP contribution in [-0.2, 0) is 14.9 Å². The molecule has 0 aromatic rings. The first-order valence-electron chi connectivity index (χ1n) is 7.46. The second kappa shape index (κ2) is 8.94. The molecule has 120 valence electrons. The summed E-state index contributed by atoms with van der Waals surface area (Å²) < 4.78 is 33.1. The number of hydrogen-bond donors (Lipinski definition) is 2. The maximum atomic E-state index is 12.1. The molecule has 0 bridgehead atoms. The molecular weight excluding hydrogens is 278 g/mol. The highest BCUT2D eigenvalue weighted by atomic mass is 32.2. The third-order valence-electron chi connectivity index (χ3n) is 3.86. The van der Waals surface area contributed by atoms with Crippen molar-refractivity contribution in [2.75, 3.05) is 33.9 Å². The summed E-state index contributed by atoms with van der Waals surface area (Å²) in [5.74, 6) is 0. The normalized spacial score (nSPS) is 24.2. The first kappa shape index (κ1) is 17.8. The Labute approximate surface area is 123 Å². The highest BCUT2D eigenvalue weighted by molar-refractivity contribution is 7.87. The lowest BCUT2D eigenvalue weighted by molar-refractivity contribution is 0.202. The molecule has 1 fully saturated rings. The molecule has 1 aliphatic rings. The van der Waals surface area contributed by atoms with Crippen LogP contribution in [0.1, 0.15) is 39.0 Å². The van der Waals surface area contributed by atoms with Crippen molar-refractivity contribution in [2.45, 2.75) is 51.1 Å². The second-order valence-corrected chi connectivity index (χ2v) is 7.18. The Balaban J connectivity index is 2.39. The number of nitrogens with zero attached hydrogens (tertiary/aromatic N) is 1. The van der Waals surface area contributed by atoms with E-state index in [1.54, 1.807) is 14.2 Å². The Kier molecular flexibility index (Phi) is 7.98. The van der Waals surface area contributed by atoms with Gasteiger partial charge in [-0.15, -0.1) is 0 Å². The lowest BCUT2D eigenvalue weighted by Gasteiger charge is -2.34. The van der Waals surface area contributed by atoms with Gasteiger partial charge in [-0.05, 0) is 38.6 Å². The third-order valence-corrected chi connectivity index (χ3v) is 5.49. The Morgan fingerprint density at radius 2 is 1.85 bits per heavy atom. The SMILES string of the molecule is CCCNC1CCC(N(C)S(=O)(=O)NCCOC)CC1. The van der Waals surface area contributed by atoms with Crippen LogP contribution in [0.3, 0.4) is 0 Å². The van der Waals surface area contributed by atoms with Crippen molar-refractivity contribution in [3.63, 3.8) is 0 Å². The molecule has 20 heavy (non-hydrogen) atoms. The van der Waals surface area contributed by atoms with E-state index in [1.165, 1.54) is 4.31 Å². The van der Waals surface area contributed by atoms with Crippen molar-refractivity contribution in [3.8, 4) is 0 Å². The highest BCUT2D eigenvalue weighted by Gasteiger charge is 2.29. The van der Waals surface area contributed by atoms with Crippen molar-refractivity contribution in [2.24, 2.45) is 0 Å². The fourth-order valence-corrected chi connectivity index (χ4v) is 3.71. The van der Waals surface area contributed by atoms with Crippen LogP contribution in [0.4, 0.5) is 0 Å². The van der Waals surface area contributed by atoms with Crippen LogP contribution in [0.25, 0.3) is 0 Å². The van der Waals surface area contributed by atoms with E-state index in [0.29, 0.717) is 19.2 Å². The van der Waals surface area contributed by atoms with Gasteiger partial charge in [0.2, 0.25) is 0 Å². The Bertz CT molecular complexity index is 354. The Morgan fingerprint density at radius 3 is 2.40 bits per heavy atom. The van der Waals surface area contributed by atoms with Crippen molar-refractivity contribution in [3.05, 3.63) is 0 Å². The lowest BCUT2D eigenvalue weighted by atomic mass is 9.91. The quantitative estimate of drug-likeness (QED) is 0.616. The minimum Gasteiger partial charge on any atom is -0.383 e. The zero-order valence-electron chi connectivity index (χ0n) is 12.9. The zero-order valence-corrected chi connectivity index (χ0v) is 13.7. The van der Waals surface area contributed by atoms with Crippen molar-refractivity contribution >= 4 is 10.2 Å². The van der Waals surface area contributed by atoms with E-state index in [-0.39, 0.29) is 6.04 Å². The van der Waals surface area contributed by atoms with Crippen molar-refractivity contribution < 1.29 is 13.2 Å². The van der Waals surface area contributed by atoms with Crippen LogP contribution in [0, 0.1) is 0 Å². The molecule has 0 aliphatic heterocycles. The van der Waals surface area contributed by atoms with Gasteiger partial charge in [0.15, 0.2) is 0 Å². The van der Waals surface area contributed by atoms with Gasteiger partial charge in [-0.3, -0.25) is 0 Å². The van der Waals surface area contributed by atoms with Crippen LogP contribution in [-0.4, -0.2) is 58.7 Å². The van der Waals surface area contributed by atoms with Crippen LogP contribution >= 0.6 is 0 Å². The number of ether oxygens (including phenoxy) is 1. The third kappa shape index (κ3) is 5.65. The predicted molar refractivity (Wildman–Crippen MR) is 80.9 cm³/mol. The van der Waals surface area contributed by atoms with Crippen LogP contribution in [0.15, 0.2) is 0 Å². The fraction of sp³-hybridized carbons (Fsp3) is 1.00. The van der Waals surface area contributed by atoms with Gasteiger partial charge in [0.1, 0.15) is 0 Å². The first-order valence-corrected chi connectivity index (χ1v) is 8.90. The maximum Gasteiger partial charge on any atom is 0.279 e. The second-order valence-electron chi connectivity index (χ2n) is 5.37. The average molecular weight is 307 g/mol. The van der Waals surface area contributed by atoms with E-state index in [9.17, 15) is 8.42 Å². The predicted octanol–water partition coefficient (Wildman–Crippen LogP) is 0.710. The smallest absolute Gasteiger partial charge is 0.279 e. The van der Waals surface area contributed by atoms with E-state index in [0.717, 1.165) is 38.6 Å². The highest BCUT2D eigenvalue weighted by Crippen LogP contribution is 2.23. The number of hydrogen-bond acceptors (Lipinski definition) is 4. The summed E-state index contributed by atoms with van der Waals surface area (Å²) in [6.07, 6.45) is 5.06. The molecule has 0 amide bonds. The Hall–Kier alpha value is -0.210. The number of nitrogens with one attached hydrogen (secondary N) is 2. The van der Waals surface area contributed by atoms with Gasteiger partial charge < -0.3 is 10.1 Å². The molecule has 0 radical (unpaired) electrons. The monoisotopic (exact) mass is 307 g/mol.